The van der Waals surface area contributed by atoms with Crippen molar-refractivity contribution in [3.05, 3.63) is 195 Å². The van der Waals surface area contributed by atoms with E-state index in [1.807, 2.05) is 36.4 Å². The van der Waals surface area contributed by atoms with Gasteiger partial charge in [-0.2, -0.15) is 132 Å². The van der Waals surface area contributed by atoms with E-state index >= 15 is 0 Å². The summed E-state index contributed by atoms with van der Waals surface area (Å²) in [6, 6.07) is 11.6. The summed E-state index contributed by atoms with van der Waals surface area (Å²) in [6.45, 7) is 0.841. The lowest BCUT2D eigenvalue weighted by Crippen LogP contribution is -2.75. The summed E-state index contributed by atoms with van der Waals surface area (Å²) >= 11 is 0. The van der Waals surface area contributed by atoms with Crippen LogP contribution in [0.15, 0.2) is 140 Å². The highest BCUT2D eigenvalue weighted by molar-refractivity contribution is 7.20. The van der Waals surface area contributed by atoms with Crippen molar-refractivity contribution in [1.29, 1.82) is 5.26 Å². The Morgan fingerprint density at radius 3 is 0.895 bits per heavy atom. The molecule has 0 aliphatic carbocycles. The lowest BCUT2D eigenvalue weighted by molar-refractivity contribution is -0.687. The predicted octanol–water partition coefficient (Wildman–Crippen LogP) is 14.3. The third-order valence-corrected chi connectivity index (χ3v) is 11.6. The van der Waals surface area contributed by atoms with Crippen LogP contribution in [0.4, 0.5) is 105 Å². The van der Waals surface area contributed by atoms with Crippen molar-refractivity contribution in [1.82, 2.24) is 0 Å². The van der Waals surface area contributed by atoms with E-state index in [9.17, 15) is 105 Å². The lowest BCUT2D eigenvalue weighted by atomic mass is 9.12. The Morgan fingerprint density at radius 1 is 0.342 bits per heavy atom. The first kappa shape index (κ1) is 57.9. The molecule has 76 heavy (non-hydrogen) atoms. The Kier molecular flexibility index (Phi) is 15.2. The van der Waals surface area contributed by atoms with E-state index < -0.39 is 195 Å². The zero-order chi connectivity index (χ0) is 57.0. The number of hydrogen-bond donors (Lipinski definition) is 0. The van der Waals surface area contributed by atoms with E-state index in [0.29, 0.717) is 5.56 Å². The normalized spacial score (nSPS) is 13.3. The molecule has 7 aromatic rings. The monoisotopic (exact) mass is 1110 g/mol. The molecule has 0 fully saturated rings. The lowest BCUT2D eigenvalue weighted by Gasteiger charge is -2.46. The van der Waals surface area contributed by atoms with Crippen molar-refractivity contribution >= 4 is 38.8 Å². The Morgan fingerprint density at radius 2 is 0.632 bits per heavy atom. The predicted molar refractivity (Wildman–Crippen MR) is 224 cm³/mol. The van der Waals surface area contributed by atoms with Gasteiger partial charge in [0.05, 0.1) is 56.1 Å². The number of nitriles is 1. The van der Waals surface area contributed by atoms with Gasteiger partial charge in [0.2, 0.25) is 0 Å². The van der Waals surface area contributed by atoms with Gasteiger partial charge in [-0.1, -0.05) is 84.9 Å². The molecule has 6 aromatic carbocycles. The van der Waals surface area contributed by atoms with E-state index in [2.05, 4.69) is 41.2 Å². The maximum atomic E-state index is 14.2. The summed E-state index contributed by atoms with van der Waals surface area (Å²) < 4.78 is 343. The highest BCUT2D eigenvalue weighted by Gasteiger charge is 2.47. The number of halogens is 24. The fourth-order valence-electron chi connectivity index (χ4n) is 8.27. The summed E-state index contributed by atoms with van der Waals surface area (Å²) in [7, 11) is 0. The number of rotatable bonds is 6. The summed E-state index contributed by atoms with van der Waals surface area (Å²) in [6.07, 6.45) is -50.6. The molecule has 27 heteroatoms. The van der Waals surface area contributed by atoms with Gasteiger partial charge in [-0.3, -0.25) is 0 Å². The molecule has 7 rings (SSSR count). The first-order chi connectivity index (χ1) is 34.6. The number of fused-ring (bicyclic) bond motifs is 1. The first-order valence-electron chi connectivity index (χ1n) is 20.8. The van der Waals surface area contributed by atoms with Crippen molar-refractivity contribution in [2.24, 2.45) is 0 Å². The molecule has 0 aliphatic rings. The molecular weight excluding hydrogens is 1080 g/mol. The van der Waals surface area contributed by atoms with Gasteiger partial charge in [-0.05, 0) is 41.8 Å². The maximum Gasteiger partial charge on any atom is 0.416 e. The Balaban J connectivity index is 0.000000408. The summed E-state index contributed by atoms with van der Waals surface area (Å²) in [5.41, 5.74) is -28.2. The highest BCUT2D eigenvalue weighted by atomic mass is 19.4. The number of nitrogens with zero attached hydrogens (tertiary/aromatic N) is 2. The summed E-state index contributed by atoms with van der Waals surface area (Å²) in [4.78, 5) is 0. The van der Waals surface area contributed by atoms with Crippen LogP contribution in [0.25, 0.3) is 10.8 Å². The molecule has 0 radical (unpaired) electrons. The van der Waals surface area contributed by atoms with Crippen LogP contribution in [0.2, 0.25) is 0 Å². The summed E-state index contributed by atoms with van der Waals surface area (Å²) in [5, 5.41) is 11.2. The standard InChI is InChI=1S/C32H12BF24.C17H13N2/c34-25(35,36)13-1-14(26(37,38)39)6-21(5-13)33(22-7-15(27(40,41)42)2-16(8-22)28(43,44)45,23-9-17(29(46,47)48)3-18(10-23)30(49,50)51)24-11-19(31(52,53)54)4-20(12-24)32(55,56)57;18-11-15-6-7-16-8-9-19(13-17(16)10-15)12-14-4-2-1-3-5-14/h1-12H;1-10,13H,12H2/q-1;+1. The van der Waals surface area contributed by atoms with E-state index in [1.54, 1.807) is 0 Å². The molecule has 1 aromatic heterocycles. The summed E-state index contributed by atoms with van der Waals surface area (Å²) in [5.74, 6) is 0. The minimum Gasteiger partial charge on any atom is -0.200 e. The van der Waals surface area contributed by atoms with Gasteiger partial charge >= 0.3 is 49.4 Å². The molecule has 402 valence electrons. The number of aromatic nitrogens is 1. The second-order valence-electron chi connectivity index (χ2n) is 16.8. The van der Waals surface area contributed by atoms with Crippen molar-refractivity contribution in [3.63, 3.8) is 0 Å². The molecule has 0 spiro atoms. The first-order valence-corrected chi connectivity index (χ1v) is 20.8. The van der Waals surface area contributed by atoms with Crippen LogP contribution in [-0.4, -0.2) is 6.15 Å². The Labute approximate surface area is 411 Å². The van der Waals surface area contributed by atoms with E-state index in [-0.39, 0.29) is 0 Å². The molecule has 0 atom stereocenters. The zero-order valence-electron chi connectivity index (χ0n) is 37.0. The van der Waals surface area contributed by atoms with Crippen molar-refractivity contribution in [2.75, 3.05) is 0 Å². The van der Waals surface area contributed by atoms with E-state index in [1.165, 1.54) is 5.56 Å². The fraction of sp³-hybridized carbons (Fsp3) is 0.184. The van der Waals surface area contributed by atoms with Gasteiger partial charge < -0.3 is 0 Å². The minimum absolute atomic E-state index is 0.691. The van der Waals surface area contributed by atoms with Crippen LogP contribution < -0.4 is 26.4 Å². The molecule has 0 saturated heterocycles. The number of alkyl halides is 24. The van der Waals surface area contributed by atoms with Crippen LogP contribution in [-0.2, 0) is 56.0 Å². The number of benzene rings is 6. The van der Waals surface area contributed by atoms with E-state index in [4.69, 9.17) is 5.26 Å². The van der Waals surface area contributed by atoms with Crippen molar-refractivity contribution in [3.8, 4) is 6.07 Å². The average Bonchev–Trinajstić information content (AvgIpc) is 3.29. The molecule has 0 aliphatic heterocycles. The molecule has 2 nitrogen and oxygen atoms in total. The average molecular weight is 1110 g/mol. The van der Waals surface area contributed by atoms with Crippen LogP contribution >= 0.6 is 0 Å². The largest absolute Gasteiger partial charge is 0.416 e. The second-order valence-corrected chi connectivity index (χ2v) is 16.8. The van der Waals surface area contributed by atoms with Crippen LogP contribution in [0, 0.1) is 11.3 Å². The van der Waals surface area contributed by atoms with Crippen LogP contribution in [0.5, 0.6) is 0 Å². The van der Waals surface area contributed by atoms with Gasteiger partial charge in [0.1, 0.15) is 6.15 Å². The van der Waals surface area contributed by atoms with Gasteiger partial charge in [0.15, 0.2) is 18.9 Å². The van der Waals surface area contributed by atoms with Gasteiger partial charge in [0.25, 0.3) is 0 Å². The third-order valence-electron chi connectivity index (χ3n) is 11.6. The van der Waals surface area contributed by atoms with Crippen molar-refractivity contribution < 1.29 is 110 Å². The molecular formula is C49H25BF24N2. The van der Waals surface area contributed by atoms with Crippen LogP contribution in [0.1, 0.15) is 55.6 Å². The zero-order valence-corrected chi connectivity index (χ0v) is 37.0. The highest BCUT2D eigenvalue weighted by Crippen LogP contribution is 2.41. The number of hydrogen-bond acceptors (Lipinski definition) is 1. The molecule has 0 bridgehead atoms. The number of pyridine rings is 1. The molecule has 0 saturated carbocycles. The molecule has 1 heterocycles. The Bertz CT molecular complexity index is 2860. The van der Waals surface area contributed by atoms with Crippen LogP contribution in [0.3, 0.4) is 0 Å². The minimum atomic E-state index is -6.13. The molecule has 0 unspecified atom stereocenters. The van der Waals surface area contributed by atoms with Gasteiger partial charge in [0, 0.05) is 17.0 Å². The molecule has 0 amide bonds. The SMILES string of the molecule is FC(F)(F)c1cc([B-](c2cc(C(F)(F)F)cc(C(F)(F)F)c2)(c2cc(C(F)(F)F)cc(C(F)(F)F)c2)c2cc(C(F)(F)F)cc(C(F)(F)F)c2)cc(C(F)(F)F)c1.N#Cc1ccc2cc[n+](Cc3ccccc3)cc2c1. The smallest absolute Gasteiger partial charge is 0.200 e. The third kappa shape index (κ3) is 13.0. The van der Waals surface area contributed by atoms with Crippen molar-refractivity contribution in [2.45, 2.75) is 56.0 Å². The Hall–Kier alpha value is -7.40. The quantitative estimate of drug-likeness (QED) is 0.0926. The topological polar surface area (TPSA) is 27.7 Å². The van der Waals surface area contributed by atoms with Gasteiger partial charge in [-0.25, -0.2) is 4.57 Å². The fourth-order valence-corrected chi connectivity index (χ4v) is 8.27. The molecule has 0 N–H and O–H groups in total. The van der Waals surface area contributed by atoms with E-state index in [0.717, 1.165) is 17.3 Å². The second kappa shape index (κ2) is 20.0. The van der Waals surface area contributed by atoms with Gasteiger partial charge in [-0.15, -0.1) is 0 Å². The maximum absolute atomic E-state index is 14.2.